The van der Waals surface area contributed by atoms with Crippen molar-refractivity contribution in [3.63, 3.8) is 0 Å². The second kappa shape index (κ2) is 5.37. The molecule has 2 heterocycles. The summed E-state index contributed by atoms with van der Waals surface area (Å²) in [4.78, 5) is 17.0. The highest BCUT2D eigenvalue weighted by atomic mass is 35.5. The molecule has 1 aliphatic rings. The summed E-state index contributed by atoms with van der Waals surface area (Å²) in [6, 6.07) is 3.49. The van der Waals surface area contributed by atoms with Gasteiger partial charge >= 0.3 is 0 Å². The summed E-state index contributed by atoms with van der Waals surface area (Å²) in [5.74, 6) is 0.113. The summed E-state index contributed by atoms with van der Waals surface area (Å²) >= 11 is 5.95. The minimum absolute atomic E-state index is 0.113. The zero-order chi connectivity index (χ0) is 13.2. The maximum atomic E-state index is 12.7. The Morgan fingerprint density at radius 2 is 2.33 bits per heavy atom. The van der Waals surface area contributed by atoms with Gasteiger partial charge < -0.3 is 5.32 Å². The van der Waals surface area contributed by atoms with Crippen molar-refractivity contribution in [1.29, 1.82) is 0 Å². The lowest BCUT2D eigenvalue weighted by molar-refractivity contribution is 0.0852. The number of aryl methyl sites for hydroxylation is 1. The Morgan fingerprint density at radius 1 is 1.56 bits per heavy atom. The molecule has 2 rings (SSSR count). The molecular formula is C14H19ClN2O. The third-order valence-electron chi connectivity index (χ3n) is 3.61. The Bertz CT molecular complexity index is 453. The molecule has 0 saturated carbocycles. The molecule has 1 saturated heterocycles. The summed E-state index contributed by atoms with van der Waals surface area (Å²) < 4.78 is 0. The van der Waals surface area contributed by atoms with Gasteiger partial charge in [-0.25, -0.2) is 4.98 Å². The van der Waals surface area contributed by atoms with E-state index in [1.807, 2.05) is 6.92 Å². The number of ketones is 1. The largest absolute Gasteiger partial charge is 0.305 e. The van der Waals surface area contributed by atoms with Crippen molar-refractivity contribution in [1.82, 2.24) is 10.3 Å². The predicted molar refractivity (Wildman–Crippen MR) is 73.2 cm³/mol. The number of rotatable bonds is 4. The number of hydrogen-bond acceptors (Lipinski definition) is 3. The van der Waals surface area contributed by atoms with E-state index < -0.39 is 5.54 Å². The van der Waals surface area contributed by atoms with Gasteiger partial charge in [-0.1, -0.05) is 24.9 Å². The van der Waals surface area contributed by atoms with Gasteiger partial charge in [-0.15, -0.1) is 0 Å². The molecule has 1 fully saturated rings. The Balaban J connectivity index is 2.30. The van der Waals surface area contributed by atoms with Crippen molar-refractivity contribution in [3.05, 3.63) is 28.5 Å². The number of Topliss-reactive ketones (excluding diaryl/α,β-unsaturated/α-hetero) is 1. The van der Waals surface area contributed by atoms with Crippen LogP contribution >= 0.6 is 11.6 Å². The molecule has 1 unspecified atom stereocenters. The zero-order valence-electron chi connectivity index (χ0n) is 10.9. The molecule has 0 aromatic carbocycles. The minimum Gasteiger partial charge on any atom is -0.305 e. The van der Waals surface area contributed by atoms with Crippen molar-refractivity contribution in [2.45, 2.75) is 45.1 Å². The molecule has 0 amide bonds. The first-order chi connectivity index (χ1) is 8.59. The van der Waals surface area contributed by atoms with E-state index in [-0.39, 0.29) is 5.78 Å². The molecule has 1 aromatic rings. The number of halogens is 1. The van der Waals surface area contributed by atoms with E-state index in [0.717, 1.165) is 32.2 Å². The molecule has 4 heteroatoms. The molecule has 1 aromatic heterocycles. The molecule has 18 heavy (non-hydrogen) atoms. The van der Waals surface area contributed by atoms with Crippen LogP contribution in [0.5, 0.6) is 0 Å². The molecule has 0 radical (unpaired) electrons. The first-order valence-corrected chi connectivity index (χ1v) is 6.90. The molecule has 98 valence electrons. The van der Waals surface area contributed by atoms with Crippen LogP contribution in [0.4, 0.5) is 0 Å². The summed E-state index contributed by atoms with van der Waals surface area (Å²) in [7, 11) is 0. The molecule has 0 spiro atoms. The van der Waals surface area contributed by atoms with E-state index in [4.69, 9.17) is 11.6 Å². The summed E-state index contributed by atoms with van der Waals surface area (Å²) in [5, 5.41) is 3.99. The second-order valence-corrected chi connectivity index (χ2v) is 5.36. The van der Waals surface area contributed by atoms with E-state index in [9.17, 15) is 4.79 Å². The van der Waals surface area contributed by atoms with E-state index in [1.165, 1.54) is 0 Å². The Labute approximate surface area is 113 Å². The predicted octanol–water partition coefficient (Wildman–Crippen LogP) is 3.15. The Morgan fingerprint density at radius 3 is 2.89 bits per heavy atom. The third kappa shape index (κ3) is 2.43. The molecule has 3 nitrogen and oxygen atoms in total. The third-order valence-corrected chi connectivity index (χ3v) is 4.01. The van der Waals surface area contributed by atoms with E-state index in [2.05, 4.69) is 17.2 Å². The maximum Gasteiger partial charge on any atom is 0.201 e. The van der Waals surface area contributed by atoms with Gasteiger partial charge in [0.2, 0.25) is 5.78 Å². The van der Waals surface area contributed by atoms with Gasteiger partial charge in [0.05, 0.1) is 16.3 Å². The summed E-state index contributed by atoms with van der Waals surface area (Å²) in [6.07, 6.45) is 3.82. The highest BCUT2D eigenvalue weighted by Gasteiger charge is 2.40. The number of hydrogen-bond donors (Lipinski definition) is 1. The smallest absolute Gasteiger partial charge is 0.201 e. The van der Waals surface area contributed by atoms with Gasteiger partial charge in [-0.3, -0.25) is 4.79 Å². The molecule has 1 N–H and O–H groups in total. The number of carbonyl (C=O) groups is 1. The van der Waals surface area contributed by atoms with Crippen molar-refractivity contribution < 1.29 is 4.79 Å². The van der Waals surface area contributed by atoms with Gasteiger partial charge in [-0.05, 0) is 44.9 Å². The molecular weight excluding hydrogens is 248 g/mol. The molecule has 0 bridgehead atoms. The molecule has 1 aliphatic heterocycles. The van der Waals surface area contributed by atoms with Crippen molar-refractivity contribution in [3.8, 4) is 0 Å². The van der Waals surface area contributed by atoms with Gasteiger partial charge in [0, 0.05) is 0 Å². The normalized spacial score (nSPS) is 23.3. The van der Waals surface area contributed by atoms with Crippen LogP contribution in [-0.2, 0) is 0 Å². The standard InChI is InChI=1S/C14H19ClN2O/c1-3-7-14(8-4-9-16-14)13(18)12-6-5-11(15)10(2)17-12/h5-6,16H,3-4,7-9H2,1-2H3. The van der Waals surface area contributed by atoms with Crippen LogP contribution in [0, 0.1) is 6.92 Å². The minimum atomic E-state index is -0.401. The van der Waals surface area contributed by atoms with Crippen molar-refractivity contribution >= 4 is 17.4 Å². The van der Waals surface area contributed by atoms with Crippen LogP contribution < -0.4 is 5.32 Å². The SMILES string of the molecule is CCCC1(C(=O)c2ccc(Cl)c(C)n2)CCCN1. The first kappa shape index (κ1) is 13.5. The highest BCUT2D eigenvalue weighted by Crippen LogP contribution is 2.28. The van der Waals surface area contributed by atoms with E-state index >= 15 is 0 Å². The lowest BCUT2D eigenvalue weighted by Gasteiger charge is -2.27. The van der Waals surface area contributed by atoms with Crippen LogP contribution in [0.1, 0.15) is 48.8 Å². The average Bonchev–Trinajstić information content (AvgIpc) is 2.82. The van der Waals surface area contributed by atoms with Crippen LogP contribution in [0.3, 0.4) is 0 Å². The van der Waals surface area contributed by atoms with Crippen molar-refractivity contribution in [2.75, 3.05) is 6.54 Å². The summed E-state index contributed by atoms with van der Waals surface area (Å²) in [5.41, 5.74) is 0.842. The van der Waals surface area contributed by atoms with E-state index in [1.54, 1.807) is 12.1 Å². The fourth-order valence-corrected chi connectivity index (χ4v) is 2.77. The molecule has 0 aliphatic carbocycles. The van der Waals surface area contributed by atoms with Crippen LogP contribution in [0.25, 0.3) is 0 Å². The van der Waals surface area contributed by atoms with Crippen molar-refractivity contribution in [2.24, 2.45) is 0 Å². The second-order valence-electron chi connectivity index (χ2n) is 4.96. The lowest BCUT2D eigenvalue weighted by atomic mass is 9.85. The van der Waals surface area contributed by atoms with Crippen LogP contribution in [-0.4, -0.2) is 22.9 Å². The zero-order valence-corrected chi connectivity index (χ0v) is 11.7. The number of carbonyl (C=O) groups excluding carboxylic acids is 1. The highest BCUT2D eigenvalue weighted by molar-refractivity contribution is 6.31. The van der Waals surface area contributed by atoms with E-state index in [0.29, 0.717) is 16.4 Å². The summed E-state index contributed by atoms with van der Waals surface area (Å²) in [6.45, 7) is 4.85. The lowest BCUT2D eigenvalue weighted by Crippen LogP contribution is -2.47. The van der Waals surface area contributed by atoms with Gasteiger partial charge in [0.15, 0.2) is 0 Å². The van der Waals surface area contributed by atoms with Gasteiger partial charge in [0.25, 0.3) is 0 Å². The number of nitrogens with one attached hydrogen (secondary N) is 1. The topological polar surface area (TPSA) is 42.0 Å². The van der Waals surface area contributed by atoms with Crippen LogP contribution in [0.15, 0.2) is 12.1 Å². The first-order valence-electron chi connectivity index (χ1n) is 6.52. The fraction of sp³-hybridized carbons (Fsp3) is 0.571. The average molecular weight is 267 g/mol. The number of nitrogens with zero attached hydrogens (tertiary/aromatic N) is 1. The fourth-order valence-electron chi connectivity index (χ4n) is 2.67. The molecule has 1 atom stereocenters. The van der Waals surface area contributed by atoms with Gasteiger partial charge in [-0.2, -0.15) is 0 Å². The maximum absolute atomic E-state index is 12.7. The number of pyridine rings is 1. The van der Waals surface area contributed by atoms with Crippen LogP contribution in [0.2, 0.25) is 5.02 Å². The Hall–Kier alpha value is -0.930. The Kier molecular flexibility index (Phi) is 4.03. The number of aromatic nitrogens is 1. The monoisotopic (exact) mass is 266 g/mol. The van der Waals surface area contributed by atoms with Gasteiger partial charge in [0.1, 0.15) is 5.69 Å². The quantitative estimate of drug-likeness (QED) is 0.852.